The zero-order chi connectivity index (χ0) is 14.0. The van der Waals surface area contributed by atoms with Gasteiger partial charge >= 0.3 is 6.01 Å². The molecule has 0 bridgehead atoms. The predicted octanol–water partition coefficient (Wildman–Crippen LogP) is 0.480. The lowest BCUT2D eigenvalue weighted by Crippen LogP contribution is -2.12. The summed E-state index contributed by atoms with van der Waals surface area (Å²) in [5.74, 6) is 0.283. The normalized spacial score (nSPS) is 13.2. The smallest absolute Gasteiger partial charge is 0.320 e. The van der Waals surface area contributed by atoms with Crippen LogP contribution >= 0.6 is 0 Å². The number of primary sulfonamides is 1. The summed E-state index contributed by atoms with van der Waals surface area (Å²) in [7, 11) is -3.75. The van der Waals surface area contributed by atoms with E-state index in [-0.39, 0.29) is 22.8 Å². The van der Waals surface area contributed by atoms with Crippen molar-refractivity contribution in [3.05, 3.63) is 30.2 Å². The molecule has 0 amide bonds. The minimum absolute atomic E-state index is 0.00979. The zero-order valence-electron chi connectivity index (χ0n) is 10.1. The Kier molecular flexibility index (Phi) is 3.51. The quantitative estimate of drug-likeness (QED) is 0.741. The molecule has 102 valence electrons. The third-order valence-corrected chi connectivity index (χ3v) is 3.15. The van der Waals surface area contributed by atoms with Gasteiger partial charge in [0.05, 0.1) is 10.9 Å². The molecule has 0 aliphatic rings. The number of hydrogen-bond acceptors (Lipinski definition) is 7. The first-order valence-electron chi connectivity index (χ1n) is 5.35. The standard InChI is InChI=1S/C10H13N5O3S/c1-6(11)9-14-15-10(18-9)13-7-3-2-4-8(5-7)19(12,16)17/h2-6H,11H2,1H3,(H,13,15)(H2,12,16,17). The minimum atomic E-state index is -3.75. The first kappa shape index (κ1) is 13.5. The fraction of sp³-hybridized carbons (Fsp3) is 0.200. The third-order valence-electron chi connectivity index (χ3n) is 2.24. The molecule has 1 unspecified atom stereocenters. The Morgan fingerprint density at radius 2 is 2.11 bits per heavy atom. The van der Waals surface area contributed by atoms with E-state index in [4.69, 9.17) is 15.3 Å². The second-order valence-corrected chi connectivity index (χ2v) is 5.49. The summed E-state index contributed by atoms with van der Waals surface area (Å²) in [6, 6.07) is 5.69. The lowest BCUT2D eigenvalue weighted by atomic mass is 10.3. The molecule has 1 heterocycles. The molecule has 19 heavy (non-hydrogen) atoms. The van der Waals surface area contributed by atoms with Gasteiger partial charge in [-0.2, -0.15) is 0 Å². The summed E-state index contributed by atoms with van der Waals surface area (Å²) < 4.78 is 27.7. The Hall–Kier alpha value is -1.97. The monoisotopic (exact) mass is 283 g/mol. The summed E-state index contributed by atoms with van der Waals surface area (Å²) in [5, 5.41) is 15.3. The molecule has 9 heteroatoms. The topological polar surface area (TPSA) is 137 Å². The lowest BCUT2D eigenvalue weighted by molar-refractivity contribution is 0.475. The molecule has 0 saturated heterocycles. The van der Waals surface area contributed by atoms with E-state index in [0.29, 0.717) is 5.69 Å². The van der Waals surface area contributed by atoms with Crippen molar-refractivity contribution in [2.45, 2.75) is 17.9 Å². The highest BCUT2D eigenvalue weighted by molar-refractivity contribution is 7.89. The lowest BCUT2D eigenvalue weighted by Gasteiger charge is -2.03. The molecule has 2 aromatic rings. The Bertz CT molecular complexity index is 680. The van der Waals surface area contributed by atoms with Gasteiger partial charge in [-0.1, -0.05) is 11.2 Å². The van der Waals surface area contributed by atoms with Gasteiger partial charge in [-0.05, 0) is 25.1 Å². The Balaban J connectivity index is 2.23. The van der Waals surface area contributed by atoms with E-state index in [1.807, 2.05) is 0 Å². The average Bonchev–Trinajstić information content (AvgIpc) is 2.77. The molecular weight excluding hydrogens is 270 g/mol. The SMILES string of the molecule is CC(N)c1nnc(Nc2cccc(S(N)(=O)=O)c2)o1. The van der Waals surface area contributed by atoms with Crippen LogP contribution < -0.4 is 16.2 Å². The van der Waals surface area contributed by atoms with Gasteiger partial charge in [0.2, 0.25) is 15.9 Å². The van der Waals surface area contributed by atoms with E-state index < -0.39 is 10.0 Å². The number of benzene rings is 1. The van der Waals surface area contributed by atoms with Gasteiger partial charge in [-0.3, -0.25) is 0 Å². The van der Waals surface area contributed by atoms with Crippen LogP contribution in [0.2, 0.25) is 0 Å². The van der Waals surface area contributed by atoms with Gasteiger partial charge in [-0.25, -0.2) is 13.6 Å². The molecule has 1 aromatic carbocycles. The number of anilines is 2. The summed E-state index contributed by atoms with van der Waals surface area (Å²) in [6.45, 7) is 1.71. The summed E-state index contributed by atoms with van der Waals surface area (Å²) in [6.07, 6.45) is 0. The van der Waals surface area contributed by atoms with Crippen molar-refractivity contribution < 1.29 is 12.8 Å². The second-order valence-electron chi connectivity index (χ2n) is 3.93. The summed E-state index contributed by atoms with van der Waals surface area (Å²) in [5.41, 5.74) is 6.05. The van der Waals surface area contributed by atoms with Crippen molar-refractivity contribution in [3.63, 3.8) is 0 Å². The van der Waals surface area contributed by atoms with Crippen LogP contribution in [0, 0.1) is 0 Å². The maximum atomic E-state index is 11.2. The van der Waals surface area contributed by atoms with Crippen molar-refractivity contribution in [1.82, 2.24) is 10.2 Å². The molecule has 0 spiro atoms. The van der Waals surface area contributed by atoms with Crippen molar-refractivity contribution in [3.8, 4) is 0 Å². The van der Waals surface area contributed by atoms with E-state index in [0.717, 1.165) is 0 Å². The fourth-order valence-electron chi connectivity index (χ4n) is 1.34. The van der Waals surface area contributed by atoms with E-state index >= 15 is 0 Å². The molecule has 0 fully saturated rings. The van der Waals surface area contributed by atoms with Gasteiger partial charge in [-0.15, -0.1) is 5.10 Å². The number of nitrogens with zero attached hydrogens (tertiary/aromatic N) is 2. The average molecular weight is 283 g/mol. The third kappa shape index (κ3) is 3.28. The maximum Gasteiger partial charge on any atom is 0.320 e. The molecule has 0 radical (unpaired) electrons. The highest BCUT2D eigenvalue weighted by Gasteiger charge is 2.11. The first-order chi connectivity index (χ1) is 8.86. The predicted molar refractivity (Wildman–Crippen MR) is 68.0 cm³/mol. The molecule has 1 atom stereocenters. The molecule has 1 aromatic heterocycles. The van der Waals surface area contributed by atoms with Crippen LogP contribution in [0.1, 0.15) is 18.9 Å². The van der Waals surface area contributed by atoms with Gasteiger partial charge in [0, 0.05) is 5.69 Å². The minimum Gasteiger partial charge on any atom is -0.406 e. The number of nitrogens with two attached hydrogens (primary N) is 2. The van der Waals surface area contributed by atoms with Crippen LogP contribution in [-0.4, -0.2) is 18.6 Å². The largest absolute Gasteiger partial charge is 0.406 e. The van der Waals surface area contributed by atoms with Crippen molar-refractivity contribution in [1.29, 1.82) is 0 Å². The number of rotatable bonds is 4. The highest BCUT2D eigenvalue weighted by atomic mass is 32.2. The molecule has 8 nitrogen and oxygen atoms in total. The Labute approximate surface area is 109 Å². The number of aromatic nitrogens is 2. The highest BCUT2D eigenvalue weighted by Crippen LogP contribution is 2.19. The summed E-state index contributed by atoms with van der Waals surface area (Å²) in [4.78, 5) is -0.00979. The zero-order valence-corrected chi connectivity index (χ0v) is 10.9. The van der Waals surface area contributed by atoms with E-state index in [9.17, 15) is 8.42 Å². The van der Waals surface area contributed by atoms with Gasteiger partial charge < -0.3 is 15.5 Å². The molecular formula is C10H13N5O3S. The van der Waals surface area contributed by atoms with Crippen molar-refractivity contribution in [2.75, 3.05) is 5.32 Å². The molecule has 0 aliphatic heterocycles. The molecule has 5 N–H and O–H groups in total. The number of hydrogen-bond donors (Lipinski definition) is 3. The van der Waals surface area contributed by atoms with Gasteiger partial charge in [0.1, 0.15) is 0 Å². The van der Waals surface area contributed by atoms with E-state index in [2.05, 4.69) is 15.5 Å². The Morgan fingerprint density at radius 1 is 1.37 bits per heavy atom. The fourth-order valence-corrected chi connectivity index (χ4v) is 1.90. The Morgan fingerprint density at radius 3 is 2.68 bits per heavy atom. The van der Waals surface area contributed by atoms with Crippen LogP contribution in [0.5, 0.6) is 0 Å². The van der Waals surface area contributed by atoms with E-state index in [1.54, 1.807) is 19.1 Å². The van der Waals surface area contributed by atoms with Crippen LogP contribution in [0.3, 0.4) is 0 Å². The summed E-state index contributed by atoms with van der Waals surface area (Å²) >= 11 is 0. The van der Waals surface area contributed by atoms with Gasteiger partial charge in [0.15, 0.2) is 0 Å². The second kappa shape index (κ2) is 4.96. The number of nitrogens with one attached hydrogen (secondary N) is 1. The van der Waals surface area contributed by atoms with Crippen LogP contribution in [0.15, 0.2) is 33.6 Å². The van der Waals surface area contributed by atoms with Gasteiger partial charge in [0.25, 0.3) is 0 Å². The number of sulfonamides is 1. The molecule has 0 saturated carbocycles. The van der Waals surface area contributed by atoms with Crippen LogP contribution in [-0.2, 0) is 10.0 Å². The first-order valence-corrected chi connectivity index (χ1v) is 6.90. The van der Waals surface area contributed by atoms with Crippen molar-refractivity contribution >= 4 is 21.7 Å². The van der Waals surface area contributed by atoms with Crippen LogP contribution in [0.4, 0.5) is 11.7 Å². The molecule has 2 rings (SSSR count). The molecule has 0 aliphatic carbocycles. The van der Waals surface area contributed by atoms with Crippen molar-refractivity contribution in [2.24, 2.45) is 10.9 Å². The van der Waals surface area contributed by atoms with Crippen LogP contribution in [0.25, 0.3) is 0 Å². The van der Waals surface area contributed by atoms with E-state index in [1.165, 1.54) is 12.1 Å². The maximum absolute atomic E-state index is 11.2.